The Labute approximate surface area is 112 Å². The second-order valence-electron chi connectivity index (χ2n) is 4.99. The summed E-state index contributed by atoms with van der Waals surface area (Å²) >= 11 is 1.91. The number of nitrogens with zero attached hydrogens (tertiary/aromatic N) is 1. The van der Waals surface area contributed by atoms with E-state index in [-0.39, 0.29) is 5.72 Å². The van der Waals surface area contributed by atoms with Gasteiger partial charge >= 0.3 is 0 Å². The Kier molecular flexibility index (Phi) is 3.26. The molecule has 0 saturated carbocycles. The predicted molar refractivity (Wildman–Crippen MR) is 74.4 cm³/mol. The van der Waals surface area contributed by atoms with E-state index >= 15 is 0 Å². The van der Waals surface area contributed by atoms with Gasteiger partial charge in [-0.2, -0.15) is 0 Å². The number of hydrogen-bond donors (Lipinski definition) is 0. The van der Waals surface area contributed by atoms with Crippen molar-refractivity contribution in [3.63, 3.8) is 0 Å². The Morgan fingerprint density at radius 1 is 1.50 bits per heavy atom. The molecule has 1 saturated heterocycles. The zero-order valence-electron chi connectivity index (χ0n) is 10.9. The van der Waals surface area contributed by atoms with E-state index in [4.69, 9.17) is 9.47 Å². The highest BCUT2D eigenvalue weighted by atomic mass is 32.2. The molecule has 3 rings (SSSR count). The number of anilines is 1. The fraction of sp³-hybridized carbons (Fsp3) is 0.571. The molecule has 1 unspecified atom stereocenters. The molecular weight excluding hydrogens is 246 g/mol. The summed E-state index contributed by atoms with van der Waals surface area (Å²) in [7, 11) is 1.76. The third-order valence-corrected chi connectivity index (χ3v) is 4.81. The van der Waals surface area contributed by atoms with E-state index in [1.807, 2.05) is 11.8 Å². The summed E-state index contributed by atoms with van der Waals surface area (Å²) in [5.41, 5.74) is 2.61. The molecular formula is C14H19NO2S. The molecule has 1 aromatic rings. The molecule has 0 amide bonds. The molecule has 2 aliphatic rings. The van der Waals surface area contributed by atoms with Crippen LogP contribution < -0.4 is 4.90 Å². The van der Waals surface area contributed by atoms with Gasteiger partial charge in [-0.25, -0.2) is 0 Å². The first-order valence-corrected chi connectivity index (χ1v) is 7.38. The number of hydrogen-bond acceptors (Lipinski definition) is 4. The lowest BCUT2D eigenvalue weighted by molar-refractivity contribution is 0.193. The topological polar surface area (TPSA) is 25.0 Å². The van der Waals surface area contributed by atoms with Crippen molar-refractivity contribution < 1.29 is 9.47 Å². The molecule has 2 heterocycles. The van der Waals surface area contributed by atoms with E-state index in [1.54, 1.807) is 7.11 Å². The van der Waals surface area contributed by atoms with Crippen molar-refractivity contribution in [1.29, 1.82) is 0 Å². The van der Waals surface area contributed by atoms with Gasteiger partial charge in [0.15, 0.2) is 5.72 Å². The monoisotopic (exact) mass is 265 g/mol. The largest absolute Gasteiger partial charge is 0.385 e. The number of methoxy groups -OCH3 is 1. The second kappa shape index (κ2) is 4.76. The fourth-order valence-corrected chi connectivity index (χ4v) is 3.65. The molecule has 2 aliphatic heterocycles. The van der Waals surface area contributed by atoms with E-state index < -0.39 is 0 Å². The van der Waals surface area contributed by atoms with E-state index in [0.717, 1.165) is 31.9 Å². The van der Waals surface area contributed by atoms with Crippen molar-refractivity contribution in [3.05, 3.63) is 23.8 Å². The predicted octanol–water partition coefficient (Wildman–Crippen LogP) is 2.67. The summed E-state index contributed by atoms with van der Waals surface area (Å²) in [5, 5.41) is 0. The Hall–Kier alpha value is -0.710. The summed E-state index contributed by atoms with van der Waals surface area (Å²) in [6, 6.07) is 6.69. The van der Waals surface area contributed by atoms with Gasteiger partial charge in [-0.3, -0.25) is 0 Å². The molecule has 0 radical (unpaired) electrons. The second-order valence-corrected chi connectivity index (χ2v) is 6.01. The van der Waals surface area contributed by atoms with E-state index in [2.05, 4.69) is 30.0 Å². The molecule has 0 aromatic heterocycles. The average molecular weight is 265 g/mol. The van der Waals surface area contributed by atoms with Gasteiger partial charge < -0.3 is 14.4 Å². The first-order chi connectivity index (χ1) is 8.75. The minimum Gasteiger partial charge on any atom is -0.385 e. The molecule has 1 atom stereocenters. The van der Waals surface area contributed by atoms with Crippen molar-refractivity contribution in [2.45, 2.75) is 24.0 Å². The number of fused-ring (bicyclic) bond motifs is 1. The number of ether oxygens (including phenoxy) is 2. The van der Waals surface area contributed by atoms with Gasteiger partial charge in [-0.15, -0.1) is 11.8 Å². The van der Waals surface area contributed by atoms with Gasteiger partial charge in [0, 0.05) is 30.9 Å². The van der Waals surface area contributed by atoms with Gasteiger partial charge in [0.2, 0.25) is 0 Å². The highest BCUT2D eigenvalue weighted by Crippen LogP contribution is 2.48. The molecule has 1 spiro atoms. The third-order valence-electron chi connectivity index (χ3n) is 3.56. The van der Waals surface area contributed by atoms with Gasteiger partial charge in [0.1, 0.15) is 0 Å². The molecule has 4 heteroatoms. The summed E-state index contributed by atoms with van der Waals surface area (Å²) in [4.78, 5) is 3.81. The van der Waals surface area contributed by atoms with Crippen LogP contribution in [0.3, 0.4) is 0 Å². The lowest BCUT2D eigenvalue weighted by atomic mass is 10.1. The Balaban J connectivity index is 1.86. The van der Waals surface area contributed by atoms with Crippen LogP contribution in [0.15, 0.2) is 23.1 Å². The maximum absolute atomic E-state index is 5.74. The summed E-state index contributed by atoms with van der Waals surface area (Å²) in [6.07, 6.45) is 1.04. The molecule has 0 N–H and O–H groups in total. The summed E-state index contributed by atoms with van der Waals surface area (Å²) in [5.74, 6) is 1.04. The van der Waals surface area contributed by atoms with Crippen molar-refractivity contribution in [2.75, 3.05) is 37.5 Å². The molecule has 0 aliphatic carbocycles. The number of epoxide rings is 1. The fourth-order valence-electron chi connectivity index (χ4n) is 2.46. The van der Waals surface area contributed by atoms with Crippen molar-refractivity contribution >= 4 is 17.4 Å². The highest BCUT2D eigenvalue weighted by molar-refractivity contribution is 7.99. The first kappa shape index (κ1) is 12.3. The number of aryl methyl sites for hydroxylation is 1. The van der Waals surface area contributed by atoms with Crippen LogP contribution in [-0.2, 0) is 9.47 Å². The van der Waals surface area contributed by atoms with Crippen LogP contribution in [0, 0.1) is 6.92 Å². The standard InChI is InChI=1S/C14H19NO2S/c1-11-4-5-13-12(8-11)15(6-3-7-16-2)14(9-17-14)10-18-13/h4-5,8H,3,6-7,9-10H2,1-2H3. The van der Waals surface area contributed by atoms with Crippen molar-refractivity contribution in [2.24, 2.45) is 0 Å². The third kappa shape index (κ3) is 2.13. The van der Waals surface area contributed by atoms with Gasteiger partial charge in [-0.1, -0.05) is 6.07 Å². The molecule has 98 valence electrons. The van der Waals surface area contributed by atoms with Crippen LogP contribution in [-0.4, -0.2) is 38.3 Å². The zero-order valence-corrected chi connectivity index (χ0v) is 11.8. The van der Waals surface area contributed by atoms with Crippen LogP contribution in [0.25, 0.3) is 0 Å². The quantitative estimate of drug-likeness (QED) is 0.617. The SMILES string of the molecule is COCCCN1c2cc(C)ccc2SCC12CO2. The van der Waals surface area contributed by atoms with Crippen LogP contribution in [0.2, 0.25) is 0 Å². The molecule has 1 aromatic carbocycles. The number of benzene rings is 1. The van der Waals surface area contributed by atoms with Crippen LogP contribution in [0.1, 0.15) is 12.0 Å². The average Bonchev–Trinajstić information content (AvgIpc) is 3.13. The van der Waals surface area contributed by atoms with Gasteiger partial charge in [0.25, 0.3) is 0 Å². The smallest absolute Gasteiger partial charge is 0.174 e. The summed E-state index contributed by atoms with van der Waals surface area (Å²) in [6.45, 7) is 4.82. The van der Waals surface area contributed by atoms with Gasteiger partial charge in [-0.05, 0) is 31.0 Å². The van der Waals surface area contributed by atoms with Crippen LogP contribution >= 0.6 is 11.8 Å². The minimum atomic E-state index is -0.0286. The zero-order chi connectivity index (χ0) is 12.6. The van der Waals surface area contributed by atoms with E-state index in [9.17, 15) is 0 Å². The number of thioether (sulfide) groups is 1. The van der Waals surface area contributed by atoms with Crippen molar-refractivity contribution in [1.82, 2.24) is 0 Å². The molecule has 18 heavy (non-hydrogen) atoms. The van der Waals surface area contributed by atoms with E-state index in [0.29, 0.717) is 0 Å². The maximum Gasteiger partial charge on any atom is 0.174 e. The molecule has 1 fully saturated rings. The molecule has 3 nitrogen and oxygen atoms in total. The number of rotatable bonds is 4. The van der Waals surface area contributed by atoms with Crippen molar-refractivity contribution in [3.8, 4) is 0 Å². The van der Waals surface area contributed by atoms with Crippen LogP contribution in [0.4, 0.5) is 5.69 Å². The minimum absolute atomic E-state index is 0.0286. The van der Waals surface area contributed by atoms with E-state index in [1.165, 1.54) is 16.1 Å². The Morgan fingerprint density at radius 2 is 2.33 bits per heavy atom. The highest BCUT2D eigenvalue weighted by Gasteiger charge is 2.52. The van der Waals surface area contributed by atoms with Crippen LogP contribution in [0.5, 0.6) is 0 Å². The lowest BCUT2D eigenvalue weighted by Gasteiger charge is -2.36. The lowest BCUT2D eigenvalue weighted by Crippen LogP contribution is -2.44. The Bertz CT molecular complexity index is 445. The summed E-state index contributed by atoms with van der Waals surface area (Å²) < 4.78 is 10.9. The normalized spacial score (nSPS) is 25.3. The molecule has 0 bridgehead atoms. The Morgan fingerprint density at radius 3 is 3.06 bits per heavy atom. The van der Waals surface area contributed by atoms with Gasteiger partial charge in [0.05, 0.1) is 12.3 Å². The first-order valence-electron chi connectivity index (χ1n) is 6.39. The maximum atomic E-state index is 5.74.